The van der Waals surface area contributed by atoms with Crippen molar-refractivity contribution in [3.05, 3.63) is 0 Å². The Morgan fingerprint density at radius 3 is 2.80 bits per heavy atom. The van der Waals surface area contributed by atoms with E-state index in [9.17, 15) is 0 Å². The van der Waals surface area contributed by atoms with Crippen molar-refractivity contribution in [1.82, 2.24) is 5.32 Å². The molecule has 1 aliphatic rings. The zero-order valence-electron chi connectivity index (χ0n) is 10.5. The van der Waals surface area contributed by atoms with Crippen LogP contribution in [0.2, 0.25) is 0 Å². The lowest BCUT2D eigenvalue weighted by atomic mass is 10.00. The van der Waals surface area contributed by atoms with E-state index in [4.69, 9.17) is 9.47 Å². The molecule has 0 aromatic rings. The average Bonchev–Trinajstić information content (AvgIpc) is 2.66. The van der Waals surface area contributed by atoms with Crippen LogP contribution in [0.4, 0.5) is 0 Å². The van der Waals surface area contributed by atoms with Crippen molar-refractivity contribution >= 4 is 0 Å². The van der Waals surface area contributed by atoms with Crippen molar-refractivity contribution in [3.8, 4) is 0 Å². The highest BCUT2D eigenvalue weighted by molar-refractivity contribution is 4.77. The van der Waals surface area contributed by atoms with E-state index in [1.54, 1.807) is 7.11 Å². The third-order valence-corrected chi connectivity index (χ3v) is 3.07. The van der Waals surface area contributed by atoms with Gasteiger partial charge >= 0.3 is 0 Å². The van der Waals surface area contributed by atoms with Gasteiger partial charge < -0.3 is 14.8 Å². The molecule has 0 radical (unpaired) electrons. The van der Waals surface area contributed by atoms with E-state index in [1.807, 2.05) is 0 Å². The second-order valence-electron chi connectivity index (χ2n) is 5.11. The lowest BCUT2D eigenvalue weighted by Gasteiger charge is -2.27. The van der Waals surface area contributed by atoms with Gasteiger partial charge in [0.2, 0.25) is 0 Å². The van der Waals surface area contributed by atoms with Crippen LogP contribution in [0.5, 0.6) is 0 Å². The topological polar surface area (TPSA) is 30.5 Å². The van der Waals surface area contributed by atoms with Crippen molar-refractivity contribution in [1.29, 1.82) is 0 Å². The number of hydrogen-bond donors (Lipinski definition) is 1. The van der Waals surface area contributed by atoms with Crippen LogP contribution in [0.1, 0.15) is 40.0 Å². The molecule has 0 amide bonds. The van der Waals surface area contributed by atoms with E-state index < -0.39 is 0 Å². The molecular weight excluding hydrogens is 190 g/mol. The molecule has 0 aromatic carbocycles. The second kappa shape index (κ2) is 5.83. The normalized spacial score (nSPS) is 24.4. The molecule has 1 aliphatic heterocycles. The SMILES string of the molecule is COC(C)(C)C[C@H](C)NC[C@H]1CCCO1. The van der Waals surface area contributed by atoms with Crippen LogP contribution < -0.4 is 5.32 Å². The van der Waals surface area contributed by atoms with Crippen LogP contribution in [0.15, 0.2) is 0 Å². The predicted octanol–water partition coefficient (Wildman–Crippen LogP) is 1.96. The largest absolute Gasteiger partial charge is 0.379 e. The average molecular weight is 215 g/mol. The van der Waals surface area contributed by atoms with Gasteiger partial charge in [0.05, 0.1) is 11.7 Å². The van der Waals surface area contributed by atoms with Crippen molar-refractivity contribution in [2.45, 2.75) is 57.8 Å². The Bertz CT molecular complexity index is 176. The Labute approximate surface area is 93.5 Å². The van der Waals surface area contributed by atoms with Crippen molar-refractivity contribution < 1.29 is 9.47 Å². The first-order valence-electron chi connectivity index (χ1n) is 5.93. The second-order valence-corrected chi connectivity index (χ2v) is 5.11. The Balaban J connectivity index is 2.15. The highest BCUT2D eigenvalue weighted by atomic mass is 16.5. The standard InChI is InChI=1S/C12H25NO2/c1-10(8-12(2,3)14-4)13-9-11-6-5-7-15-11/h10-11,13H,5-9H2,1-4H3/t10-,11+/m0/s1. The molecule has 3 nitrogen and oxygen atoms in total. The molecule has 0 saturated carbocycles. The zero-order valence-corrected chi connectivity index (χ0v) is 10.5. The molecule has 1 saturated heterocycles. The first kappa shape index (κ1) is 12.9. The highest BCUT2D eigenvalue weighted by Crippen LogP contribution is 2.16. The monoisotopic (exact) mass is 215 g/mol. The van der Waals surface area contributed by atoms with Gasteiger partial charge in [0.15, 0.2) is 0 Å². The molecule has 90 valence electrons. The van der Waals surface area contributed by atoms with E-state index in [2.05, 4.69) is 26.1 Å². The van der Waals surface area contributed by atoms with Crippen molar-refractivity contribution in [2.75, 3.05) is 20.3 Å². The zero-order chi connectivity index (χ0) is 11.3. The molecule has 0 aliphatic carbocycles. The first-order valence-corrected chi connectivity index (χ1v) is 5.93. The molecule has 1 rings (SSSR count). The number of hydrogen-bond acceptors (Lipinski definition) is 3. The fourth-order valence-electron chi connectivity index (χ4n) is 2.03. The molecule has 0 bridgehead atoms. The van der Waals surface area contributed by atoms with Crippen LogP contribution >= 0.6 is 0 Å². The van der Waals surface area contributed by atoms with Crippen LogP contribution in [0.25, 0.3) is 0 Å². The van der Waals surface area contributed by atoms with Gasteiger partial charge in [-0.05, 0) is 40.0 Å². The molecule has 1 heterocycles. The van der Waals surface area contributed by atoms with Crippen LogP contribution in [-0.4, -0.2) is 38.0 Å². The number of nitrogens with one attached hydrogen (secondary N) is 1. The maximum Gasteiger partial charge on any atom is 0.0700 e. The van der Waals surface area contributed by atoms with Crippen LogP contribution in [0, 0.1) is 0 Å². The van der Waals surface area contributed by atoms with Crippen molar-refractivity contribution in [3.63, 3.8) is 0 Å². The minimum Gasteiger partial charge on any atom is -0.379 e. The quantitative estimate of drug-likeness (QED) is 0.734. The Morgan fingerprint density at radius 1 is 1.53 bits per heavy atom. The molecular formula is C12H25NO2. The maximum absolute atomic E-state index is 5.57. The van der Waals surface area contributed by atoms with Gasteiger partial charge in [0.1, 0.15) is 0 Å². The molecule has 0 aromatic heterocycles. The lowest BCUT2D eigenvalue weighted by Crippen LogP contribution is -2.39. The summed E-state index contributed by atoms with van der Waals surface area (Å²) < 4.78 is 11.0. The van der Waals surface area contributed by atoms with Gasteiger partial charge in [-0.25, -0.2) is 0 Å². The summed E-state index contributed by atoms with van der Waals surface area (Å²) in [6, 6.07) is 0.476. The first-order chi connectivity index (χ1) is 7.03. The smallest absolute Gasteiger partial charge is 0.0700 e. The minimum atomic E-state index is -0.0387. The molecule has 1 N–H and O–H groups in total. The van der Waals surface area contributed by atoms with Crippen LogP contribution in [-0.2, 0) is 9.47 Å². The molecule has 2 atom stereocenters. The summed E-state index contributed by atoms with van der Waals surface area (Å²) in [6.45, 7) is 8.36. The van der Waals surface area contributed by atoms with Gasteiger partial charge in [-0.1, -0.05) is 0 Å². The molecule has 1 fully saturated rings. The summed E-state index contributed by atoms with van der Waals surface area (Å²) in [5.74, 6) is 0. The van der Waals surface area contributed by atoms with Gasteiger partial charge in [-0.2, -0.15) is 0 Å². The molecule has 0 spiro atoms. The maximum atomic E-state index is 5.57. The summed E-state index contributed by atoms with van der Waals surface area (Å²) in [5.41, 5.74) is -0.0387. The van der Waals surface area contributed by atoms with Gasteiger partial charge in [0, 0.05) is 26.3 Å². The Kier molecular flexibility index (Phi) is 5.03. The van der Waals surface area contributed by atoms with Gasteiger partial charge in [-0.15, -0.1) is 0 Å². The number of ether oxygens (including phenoxy) is 2. The number of rotatable bonds is 6. The lowest BCUT2D eigenvalue weighted by molar-refractivity contribution is 0.00716. The van der Waals surface area contributed by atoms with E-state index in [0.29, 0.717) is 12.1 Å². The summed E-state index contributed by atoms with van der Waals surface area (Å²) in [4.78, 5) is 0. The fourth-order valence-corrected chi connectivity index (χ4v) is 2.03. The van der Waals surface area contributed by atoms with Crippen LogP contribution in [0.3, 0.4) is 0 Å². The summed E-state index contributed by atoms with van der Waals surface area (Å²) in [7, 11) is 1.77. The number of methoxy groups -OCH3 is 1. The molecule has 0 unspecified atom stereocenters. The summed E-state index contributed by atoms with van der Waals surface area (Å²) in [5, 5.41) is 3.51. The van der Waals surface area contributed by atoms with Gasteiger partial charge in [0.25, 0.3) is 0 Å². The minimum absolute atomic E-state index is 0.0387. The third kappa shape index (κ3) is 4.96. The Morgan fingerprint density at radius 2 is 2.27 bits per heavy atom. The van der Waals surface area contributed by atoms with E-state index in [1.165, 1.54) is 12.8 Å². The van der Waals surface area contributed by atoms with Gasteiger partial charge in [-0.3, -0.25) is 0 Å². The van der Waals surface area contributed by atoms with E-state index in [0.717, 1.165) is 19.6 Å². The summed E-state index contributed by atoms with van der Waals surface area (Å²) >= 11 is 0. The molecule has 3 heteroatoms. The van der Waals surface area contributed by atoms with E-state index in [-0.39, 0.29) is 5.60 Å². The predicted molar refractivity (Wildman–Crippen MR) is 62.1 cm³/mol. The van der Waals surface area contributed by atoms with Crippen molar-refractivity contribution in [2.24, 2.45) is 0 Å². The summed E-state index contributed by atoms with van der Waals surface area (Å²) in [6.07, 6.45) is 3.87. The highest BCUT2D eigenvalue weighted by Gasteiger charge is 2.21. The Hall–Kier alpha value is -0.120. The fraction of sp³-hybridized carbons (Fsp3) is 1.00. The molecule has 15 heavy (non-hydrogen) atoms. The van der Waals surface area contributed by atoms with E-state index >= 15 is 0 Å². The third-order valence-electron chi connectivity index (χ3n) is 3.07.